The molecular weight excluding hydrogens is 282 g/mol. The second-order valence-electron chi connectivity index (χ2n) is 4.63. The van der Waals surface area contributed by atoms with Gasteiger partial charge < -0.3 is 26.6 Å². The number of nitrogens with two attached hydrogens (primary N) is 1. The molecular formula is C12H21N3O6. The lowest BCUT2D eigenvalue weighted by molar-refractivity contribution is -0.147. The van der Waals surface area contributed by atoms with Crippen molar-refractivity contribution in [3.05, 3.63) is 0 Å². The number of hydrogen-bond donors (Lipinski definition) is 5. The summed E-state index contributed by atoms with van der Waals surface area (Å²) >= 11 is 0. The molecule has 0 aliphatic heterocycles. The Morgan fingerprint density at radius 2 is 1.71 bits per heavy atom. The van der Waals surface area contributed by atoms with E-state index in [0.717, 1.165) is 0 Å². The summed E-state index contributed by atoms with van der Waals surface area (Å²) < 4.78 is 0. The zero-order valence-electron chi connectivity index (χ0n) is 12.0. The van der Waals surface area contributed by atoms with E-state index in [-0.39, 0.29) is 12.5 Å². The maximum atomic E-state index is 12.1. The number of carboxylic acids is 2. The Labute approximate surface area is 121 Å². The summed E-state index contributed by atoms with van der Waals surface area (Å²) in [6, 6.07) is -2.53. The largest absolute Gasteiger partial charge is 0.481 e. The fraction of sp³-hybridized carbons (Fsp3) is 0.667. The molecule has 9 nitrogen and oxygen atoms in total. The summed E-state index contributed by atoms with van der Waals surface area (Å²) in [5.41, 5.74) is 5.16. The SMILES string of the molecule is CCC(C)C(NC(=O)CN)C(=O)NC(CC(=O)O)C(=O)O. The van der Waals surface area contributed by atoms with Gasteiger partial charge in [-0.2, -0.15) is 0 Å². The molecule has 9 heteroatoms. The molecule has 0 bridgehead atoms. The van der Waals surface area contributed by atoms with Crippen LogP contribution in [0.2, 0.25) is 0 Å². The fourth-order valence-corrected chi connectivity index (χ4v) is 1.57. The monoisotopic (exact) mass is 303 g/mol. The molecule has 2 amide bonds. The van der Waals surface area contributed by atoms with Crippen LogP contribution in [0.4, 0.5) is 0 Å². The van der Waals surface area contributed by atoms with E-state index in [0.29, 0.717) is 6.42 Å². The minimum atomic E-state index is -1.56. The van der Waals surface area contributed by atoms with Crippen molar-refractivity contribution in [2.75, 3.05) is 6.54 Å². The molecule has 3 unspecified atom stereocenters. The Morgan fingerprint density at radius 3 is 2.10 bits per heavy atom. The van der Waals surface area contributed by atoms with E-state index in [4.69, 9.17) is 15.9 Å². The van der Waals surface area contributed by atoms with Gasteiger partial charge in [0.2, 0.25) is 11.8 Å². The molecule has 0 rings (SSSR count). The minimum absolute atomic E-state index is 0.264. The van der Waals surface area contributed by atoms with E-state index in [2.05, 4.69) is 10.6 Å². The van der Waals surface area contributed by atoms with E-state index < -0.39 is 42.3 Å². The minimum Gasteiger partial charge on any atom is -0.481 e. The summed E-state index contributed by atoms with van der Waals surface area (Å²) in [6.45, 7) is 3.19. The third-order valence-corrected chi connectivity index (χ3v) is 2.99. The number of nitrogens with one attached hydrogen (secondary N) is 2. The lowest BCUT2D eigenvalue weighted by atomic mass is 9.97. The van der Waals surface area contributed by atoms with E-state index in [1.54, 1.807) is 13.8 Å². The zero-order chi connectivity index (χ0) is 16.6. The molecule has 0 aromatic carbocycles. The van der Waals surface area contributed by atoms with E-state index in [1.807, 2.05) is 0 Å². The van der Waals surface area contributed by atoms with Crippen molar-refractivity contribution in [2.24, 2.45) is 11.7 Å². The van der Waals surface area contributed by atoms with Gasteiger partial charge in [-0.25, -0.2) is 4.79 Å². The maximum absolute atomic E-state index is 12.1. The Hall–Kier alpha value is -2.16. The first-order valence-electron chi connectivity index (χ1n) is 6.47. The van der Waals surface area contributed by atoms with E-state index >= 15 is 0 Å². The van der Waals surface area contributed by atoms with Crippen molar-refractivity contribution >= 4 is 23.8 Å². The summed E-state index contributed by atoms with van der Waals surface area (Å²) in [5.74, 6) is -4.38. The van der Waals surface area contributed by atoms with E-state index in [9.17, 15) is 19.2 Å². The molecule has 3 atom stereocenters. The van der Waals surface area contributed by atoms with Crippen molar-refractivity contribution in [3.8, 4) is 0 Å². The van der Waals surface area contributed by atoms with Crippen LogP contribution < -0.4 is 16.4 Å². The van der Waals surface area contributed by atoms with Crippen LogP contribution in [0.25, 0.3) is 0 Å². The molecule has 0 aromatic rings. The van der Waals surface area contributed by atoms with Crippen molar-refractivity contribution in [2.45, 2.75) is 38.8 Å². The van der Waals surface area contributed by atoms with Gasteiger partial charge in [0.25, 0.3) is 0 Å². The van der Waals surface area contributed by atoms with Crippen molar-refractivity contribution in [1.29, 1.82) is 0 Å². The standard InChI is InChI=1S/C12H21N3O6/c1-3-6(2)10(15-8(16)5-13)11(19)14-7(12(20)21)4-9(17)18/h6-7,10H,3-5,13H2,1-2H3,(H,14,19)(H,15,16)(H,17,18)(H,20,21). The van der Waals surface area contributed by atoms with Crippen molar-refractivity contribution in [1.82, 2.24) is 10.6 Å². The molecule has 0 aromatic heterocycles. The first-order chi connectivity index (χ1) is 9.72. The number of hydrogen-bond acceptors (Lipinski definition) is 5. The third-order valence-electron chi connectivity index (χ3n) is 2.99. The summed E-state index contributed by atoms with van der Waals surface area (Å²) in [4.78, 5) is 44.9. The van der Waals surface area contributed by atoms with Gasteiger partial charge in [0.1, 0.15) is 12.1 Å². The molecule has 21 heavy (non-hydrogen) atoms. The summed E-state index contributed by atoms with van der Waals surface area (Å²) in [7, 11) is 0. The van der Waals surface area contributed by atoms with Gasteiger partial charge in [-0.05, 0) is 5.92 Å². The van der Waals surface area contributed by atoms with Crippen LogP contribution in [-0.4, -0.2) is 52.6 Å². The maximum Gasteiger partial charge on any atom is 0.326 e. The van der Waals surface area contributed by atoms with Gasteiger partial charge in [0.05, 0.1) is 13.0 Å². The van der Waals surface area contributed by atoms with Crippen LogP contribution >= 0.6 is 0 Å². The lowest BCUT2D eigenvalue weighted by Gasteiger charge is -2.24. The quantitative estimate of drug-likeness (QED) is 0.347. The smallest absolute Gasteiger partial charge is 0.326 e. The Balaban J connectivity index is 4.96. The Kier molecular flexibility index (Phi) is 7.99. The molecule has 0 aliphatic carbocycles. The molecule has 0 heterocycles. The van der Waals surface area contributed by atoms with Crippen LogP contribution in [0.15, 0.2) is 0 Å². The van der Waals surface area contributed by atoms with Crippen molar-refractivity contribution < 1.29 is 29.4 Å². The highest BCUT2D eigenvalue weighted by Gasteiger charge is 2.30. The second-order valence-corrected chi connectivity index (χ2v) is 4.63. The fourth-order valence-electron chi connectivity index (χ4n) is 1.57. The Bertz CT molecular complexity index is 412. The van der Waals surface area contributed by atoms with Crippen LogP contribution in [0.3, 0.4) is 0 Å². The first-order valence-corrected chi connectivity index (χ1v) is 6.47. The van der Waals surface area contributed by atoms with Gasteiger partial charge in [-0.1, -0.05) is 20.3 Å². The number of carboxylic acid groups (broad SMARTS) is 2. The molecule has 0 saturated carbocycles. The molecule has 0 saturated heterocycles. The predicted molar refractivity (Wildman–Crippen MR) is 72.3 cm³/mol. The van der Waals surface area contributed by atoms with Crippen LogP contribution in [-0.2, 0) is 19.2 Å². The van der Waals surface area contributed by atoms with Gasteiger partial charge in [-0.15, -0.1) is 0 Å². The molecule has 0 fully saturated rings. The number of carbonyl (C=O) groups is 4. The topological polar surface area (TPSA) is 159 Å². The summed E-state index contributed by atoms with van der Waals surface area (Å²) in [5, 5.41) is 22.0. The van der Waals surface area contributed by atoms with Gasteiger partial charge >= 0.3 is 11.9 Å². The molecule has 0 spiro atoms. The van der Waals surface area contributed by atoms with Gasteiger partial charge in [-0.3, -0.25) is 14.4 Å². The van der Waals surface area contributed by atoms with Crippen LogP contribution in [0.1, 0.15) is 26.7 Å². The predicted octanol–water partition coefficient (Wildman–Crippen LogP) is -1.48. The van der Waals surface area contributed by atoms with Crippen LogP contribution in [0.5, 0.6) is 0 Å². The van der Waals surface area contributed by atoms with Crippen LogP contribution in [0, 0.1) is 5.92 Å². The number of carbonyl (C=O) groups excluding carboxylic acids is 2. The number of rotatable bonds is 9. The molecule has 120 valence electrons. The Morgan fingerprint density at radius 1 is 1.14 bits per heavy atom. The second kappa shape index (κ2) is 8.90. The van der Waals surface area contributed by atoms with Gasteiger partial charge in [0, 0.05) is 0 Å². The third kappa shape index (κ3) is 6.70. The van der Waals surface area contributed by atoms with Gasteiger partial charge in [0.15, 0.2) is 0 Å². The molecule has 6 N–H and O–H groups in total. The summed E-state index contributed by atoms with van der Waals surface area (Å²) in [6.07, 6.45) is -0.196. The van der Waals surface area contributed by atoms with Crippen molar-refractivity contribution in [3.63, 3.8) is 0 Å². The zero-order valence-corrected chi connectivity index (χ0v) is 12.0. The number of amides is 2. The normalized spacial score (nSPS) is 14.6. The highest BCUT2D eigenvalue weighted by Crippen LogP contribution is 2.08. The average Bonchev–Trinajstić information content (AvgIpc) is 2.41. The molecule has 0 radical (unpaired) electrons. The lowest BCUT2D eigenvalue weighted by Crippen LogP contribution is -2.55. The molecule has 0 aliphatic rings. The number of aliphatic carboxylic acids is 2. The average molecular weight is 303 g/mol. The highest BCUT2D eigenvalue weighted by atomic mass is 16.4. The first kappa shape index (κ1) is 18.8. The highest BCUT2D eigenvalue weighted by molar-refractivity contribution is 5.92. The van der Waals surface area contributed by atoms with E-state index in [1.165, 1.54) is 0 Å².